The molecule has 0 saturated carbocycles. The second-order valence-corrected chi connectivity index (χ2v) is 29.7. The van der Waals surface area contributed by atoms with Gasteiger partial charge in [-0.3, -0.25) is 9.59 Å². The van der Waals surface area contributed by atoms with E-state index < -0.39 is 24.3 Å². The number of hydrogen-bond acceptors (Lipinski definition) is 8. The molecule has 0 saturated heterocycles. The van der Waals surface area contributed by atoms with Crippen LogP contribution in [0, 0.1) is 0 Å². The van der Waals surface area contributed by atoms with Crippen molar-refractivity contribution < 1.29 is 42.9 Å². The molecular formula is C92H161NO8. The third kappa shape index (κ3) is 82.8. The molecule has 2 unspecified atom stereocenters. The summed E-state index contributed by atoms with van der Waals surface area (Å²) in [5, 5.41) is 11.9. The number of carbonyl (C=O) groups is 3. The summed E-state index contributed by atoms with van der Waals surface area (Å²) in [5.74, 6) is -2.28. The van der Waals surface area contributed by atoms with E-state index in [1.807, 2.05) is 21.1 Å². The smallest absolute Gasteiger partial charge is 0.306 e. The van der Waals surface area contributed by atoms with Crippen LogP contribution in [0.25, 0.3) is 0 Å². The lowest BCUT2D eigenvalue weighted by Crippen LogP contribution is -2.44. The summed E-state index contributed by atoms with van der Waals surface area (Å²) in [7, 11) is 5.94. The molecule has 0 aromatic carbocycles. The van der Waals surface area contributed by atoms with E-state index >= 15 is 0 Å². The molecule has 0 bridgehead atoms. The van der Waals surface area contributed by atoms with Crippen LogP contribution in [-0.2, 0) is 33.3 Å². The molecule has 582 valence electrons. The molecule has 0 fully saturated rings. The first-order chi connectivity index (χ1) is 49.6. The van der Waals surface area contributed by atoms with Gasteiger partial charge in [0.1, 0.15) is 13.2 Å². The van der Waals surface area contributed by atoms with Gasteiger partial charge < -0.3 is 33.3 Å². The first-order valence-electron chi connectivity index (χ1n) is 42.7. The molecule has 101 heavy (non-hydrogen) atoms. The summed E-state index contributed by atoms with van der Waals surface area (Å²) >= 11 is 0. The van der Waals surface area contributed by atoms with E-state index in [1.54, 1.807) is 0 Å². The molecule has 0 aromatic heterocycles. The van der Waals surface area contributed by atoms with Crippen LogP contribution in [0.1, 0.15) is 386 Å². The van der Waals surface area contributed by atoms with Gasteiger partial charge in [-0.2, -0.15) is 0 Å². The Morgan fingerprint density at radius 3 is 0.842 bits per heavy atom. The molecule has 0 spiro atoms. The fourth-order valence-electron chi connectivity index (χ4n) is 12.2. The van der Waals surface area contributed by atoms with E-state index in [9.17, 15) is 19.5 Å². The molecule has 9 heteroatoms. The molecule has 0 rings (SSSR count). The van der Waals surface area contributed by atoms with E-state index in [4.69, 9.17) is 18.9 Å². The van der Waals surface area contributed by atoms with E-state index in [0.29, 0.717) is 23.9 Å². The SMILES string of the molecule is CC/C=C\C/C=C\C/C=C\C/C=C\C/C=C\C/C=C\C/C=C\C/C=C\CCCCCCCCCCCCC(=O)OC(COC(=O)CCCCCCCCCCCCCCCCCCCCCCCCCCCCCCC/C=C\C/C=C\CCCCCCC)COC(OCC[N+](C)(C)C)C(=O)[O-]. The number of carboxylic acid groups (broad SMARTS) is 1. The van der Waals surface area contributed by atoms with Gasteiger partial charge in [0, 0.05) is 12.8 Å². The van der Waals surface area contributed by atoms with E-state index in [2.05, 4.69) is 135 Å². The minimum Gasteiger partial charge on any atom is -0.545 e. The monoisotopic (exact) mass is 1410 g/mol. The van der Waals surface area contributed by atoms with E-state index in [0.717, 1.165) is 103 Å². The Hall–Kier alpha value is -4.31. The van der Waals surface area contributed by atoms with Crippen LogP contribution < -0.4 is 5.11 Å². The average Bonchev–Trinajstić information content (AvgIpc) is 1.25. The number of rotatable bonds is 79. The summed E-state index contributed by atoms with van der Waals surface area (Å²) in [4.78, 5) is 37.7. The van der Waals surface area contributed by atoms with Crippen molar-refractivity contribution in [2.24, 2.45) is 0 Å². The van der Waals surface area contributed by atoms with Crippen molar-refractivity contribution in [3.05, 3.63) is 122 Å². The zero-order valence-electron chi connectivity index (χ0n) is 66.8. The van der Waals surface area contributed by atoms with Crippen molar-refractivity contribution in [3.63, 3.8) is 0 Å². The second kappa shape index (κ2) is 81.4. The van der Waals surface area contributed by atoms with Crippen LogP contribution in [0.5, 0.6) is 0 Å². The minimum absolute atomic E-state index is 0.144. The lowest BCUT2D eigenvalue weighted by atomic mass is 10.0. The third-order valence-corrected chi connectivity index (χ3v) is 18.7. The number of esters is 2. The van der Waals surface area contributed by atoms with E-state index in [-0.39, 0.29) is 32.2 Å². The molecule has 9 nitrogen and oxygen atoms in total. The zero-order valence-corrected chi connectivity index (χ0v) is 66.8. The van der Waals surface area contributed by atoms with Crippen molar-refractivity contribution >= 4 is 17.9 Å². The number of hydrogen-bond donors (Lipinski definition) is 0. The molecule has 0 radical (unpaired) electrons. The highest BCUT2D eigenvalue weighted by Gasteiger charge is 2.22. The normalized spacial score (nSPS) is 13.2. The van der Waals surface area contributed by atoms with Crippen LogP contribution >= 0.6 is 0 Å². The number of quaternary nitrogens is 1. The fourth-order valence-corrected chi connectivity index (χ4v) is 12.2. The van der Waals surface area contributed by atoms with Gasteiger partial charge in [0.05, 0.1) is 40.3 Å². The first kappa shape index (κ1) is 96.7. The number of unbranched alkanes of at least 4 members (excludes halogenated alkanes) is 44. The minimum atomic E-state index is -1.63. The highest BCUT2D eigenvalue weighted by atomic mass is 16.7. The molecule has 2 atom stereocenters. The summed E-state index contributed by atoms with van der Waals surface area (Å²) in [6.07, 6.45) is 113. The number of nitrogens with zero attached hydrogens (tertiary/aromatic N) is 1. The molecule has 0 N–H and O–H groups in total. The maximum absolute atomic E-state index is 13.0. The van der Waals surface area contributed by atoms with Gasteiger partial charge in [0.15, 0.2) is 12.4 Å². The number of ether oxygens (including phenoxy) is 4. The second-order valence-electron chi connectivity index (χ2n) is 29.7. The zero-order chi connectivity index (χ0) is 73.2. The lowest BCUT2D eigenvalue weighted by molar-refractivity contribution is -0.870. The maximum Gasteiger partial charge on any atom is 0.306 e. The maximum atomic E-state index is 13.0. The molecule has 0 aliphatic rings. The third-order valence-electron chi connectivity index (χ3n) is 18.7. The van der Waals surface area contributed by atoms with Crippen LogP contribution in [-0.4, -0.2) is 82.3 Å². The van der Waals surface area contributed by atoms with E-state index in [1.165, 1.54) is 250 Å². The Morgan fingerprint density at radius 2 is 0.564 bits per heavy atom. The summed E-state index contributed by atoms with van der Waals surface area (Å²) in [5.41, 5.74) is 0. The van der Waals surface area contributed by atoms with Gasteiger partial charge in [-0.05, 0) is 109 Å². The molecular weight excluding hydrogens is 1250 g/mol. The number of allylic oxidation sites excluding steroid dienone is 20. The quantitative estimate of drug-likeness (QED) is 0.0195. The number of aliphatic carboxylic acids is 1. The van der Waals surface area contributed by atoms with Crippen LogP contribution in [0.15, 0.2) is 122 Å². The van der Waals surface area contributed by atoms with Gasteiger partial charge in [-0.25, -0.2) is 0 Å². The number of likely N-dealkylation sites (N-methyl/N-ethyl adjacent to an activating group) is 1. The van der Waals surface area contributed by atoms with Crippen LogP contribution in [0.4, 0.5) is 0 Å². The Morgan fingerprint density at radius 1 is 0.307 bits per heavy atom. The highest BCUT2D eigenvalue weighted by Crippen LogP contribution is 2.19. The molecule has 0 heterocycles. The predicted octanol–water partition coefficient (Wildman–Crippen LogP) is 26.5. The summed E-state index contributed by atoms with van der Waals surface area (Å²) < 4.78 is 22.9. The lowest BCUT2D eigenvalue weighted by Gasteiger charge is -2.26. The number of carboxylic acids is 1. The molecule has 0 aromatic rings. The number of carbonyl (C=O) groups excluding carboxylic acids is 3. The van der Waals surface area contributed by atoms with Crippen molar-refractivity contribution in [2.75, 3.05) is 47.5 Å². The van der Waals surface area contributed by atoms with Gasteiger partial charge in [0.25, 0.3) is 0 Å². The molecule has 0 aliphatic heterocycles. The first-order valence-corrected chi connectivity index (χ1v) is 42.7. The molecule has 0 amide bonds. The molecule has 0 aliphatic carbocycles. The van der Waals surface area contributed by atoms with Crippen LogP contribution in [0.3, 0.4) is 0 Å². The summed E-state index contributed by atoms with van der Waals surface area (Å²) in [6, 6.07) is 0. The highest BCUT2D eigenvalue weighted by molar-refractivity contribution is 5.70. The van der Waals surface area contributed by atoms with Crippen molar-refractivity contribution in [3.8, 4) is 0 Å². The van der Waals surface area contributed by atoms with Gasteiger partial charge >= 0.3 is 11.9 Å². The predicted molar refractivity (Wildman–Crippen MR) is 435 cm³/mol. The summed E-state index contributed by atoms with van der Waals surface area (Å²) in [6.45, 7) is 4.66. The van der Waals surface area contributed by atoms with Gasteiger partial charge in [-0.1, -0.05) is 386 Å². The topological polar surface area (TPSA) is 111 Å². The van der Waals surface area contributed by atoms with Gasteiger partial charge in [0.2, 0.25) is 0 Å². The Balaban J connectivity index is 3.99. The Kier molecular flexibility index (Phi) is 77.9. The van der Waals surface area contributed by atoms with Crippen LogP contribution in [0.2, 0.25) is 0 Å². The largest absolute Gasteiger partial charge is 0.545 e. The fraction of sp³-hybridized carbons (Fsp3) is 0.750. The van der Waals surface area contributed by atoms with Crippen molar-refractivity contribution in [2.45, 2.75) is 399 Å². The van der Waals surface area contributed by atoms with Crippen molar-refractivity contribution in [1.29, 1.82) is 0 Å². The Labute approximate surface area is 625 Å². The van der Waals surface area contributed by atoms with Crippen molar-refractivity contribution in [1.82, 2.24) is 0 Å². The van der Waals surface area contributed by atoms with Gasteiger partial charge in [-0.15, -0.1) is 0 Å². The standard InChI is InChI=1S/C92H161NO8/c1-6-8-10-12-14-16-18-20-22-24-26-28-30-32-34-36-38-40-42-43-44-45-46-47-49-50-52-54-56-58-60-62-64-66-68-70-72-74-76-78-80-82-89(94)99-86-88(87-100-92(91(96)97)98-85-84-93(3,4)5)101-90(95)83-81-79-77-75-73-71-69-67-65-63-61-59-57-55-53-51-48-41-39-37-35-33-31-29-27-25-23-21-19-17-15-13-11-9-7-2/h9,11,15,17-18,20-21,23-24,26-27,29,33,35,39,41,51,53,57,59,88,92H,6-8,10,12-14,16,19,22,25,28,30-32,34,36-38,40,42-50,52,54-56,58,60-87H2,1-5H3/b11-9-,17-15-,20-18-,23-21-,26-24-,29-27-,35-33-,41-39-,53-51-,59-57-. The Bertz CT molecular complexity index is 2090. The average molecular weight is 1410 g/mol.